The fourth-order valence-electron chi connectivity index (χ4n) is 1.61. The van der Waals surface area contributed by atoms with Gasteiger partial charge in [-0.1, -0.05) is 39.2 Å². The van der Waals surface area contributed by atoms with Gasteiger partial charge in [0.1, 0.15) is 5.75 Å². The molecule has 0 aliphatic carbocycles. The van der Waals surface area contributed by atoms with Crippen molar-refractivity contribution in [3.8, 4) is 5.75 Å². The van der Waals surface area contributed by atoms with Crippen LogP contribution in [0.2, 0.25) is 5.02 Å². The second-order valence-corrected chi connectivity index (χ2v) is 5.42. The van der Waals surface area contributed by atoms with Crippen LogP contribution in [0.1, 0.15) is 15.9 Å². The molecule has 0 spiro atoms. The Morgan fingerprint density at radius 2 is 2.00 bits per heavy atom. The number of phenolic OH excluding ortho intramolecular Hbond substituents is 1. The van der Waals surface area contributed by atoms with Crippen molar-refractivity contribution in [1.82, 2.24) is 0 Å². The molecule has 0 unspecified atom stereocenters. The van der Waals surface area contributed by atoms with E-state index >= 15 is 0 Å². The number of nitrogens with one attached hydrogen (secondary N) is 1. The zero-order valence-electron chi connectivity index (χ0n) is 10.1. The minimum absolute atomic E-state index is 0.0609. The Labute approximate surface area is 124 Å². The number of hydrogen-bond donors (Lipinski definition) is 2. The third-order valence-corrected chi connectivity index (χ3v) is 3.40. The molecular weight excluding hydrogens is 330 g/mol. The summed E-state index contributed by atoms with van der Waals surface area (Å²) in [6, 6.07) is 10.0. The Morgan fingerprint density at radius 3 is 2.74 bits per heavy atom. The minimum Gasteiger partial charge on any atom is -0.507 e. The van der Waals surface area contributed by atoms with Crippen molar-refractivity contribution in [2.24, 2.45) is 0 Å². The zero-order chi connectivity index (χ0) is 14.0. The standard InChI is InChI=1S/C14H11BrClNO2/c1-8-2-5-13(18)10(6-8)14(19)17-12-7-9(15)3-4-11(12)16/h2-7,18H,1H3,(H,17,19). The number of carbonyl (C=O) groups is 1. The quantitative estimate of drug-likeness (QED) is 0.853. The molecule has 1 amide bonds. The Morgan fingerprint density at radius 1 is 1.26 bits per heavy atom. The SMILES string of the molecule is Cc1ccc(O)c(C(=O)Nc2cc(Br)ccc2Cl)c1. The van der Waals surface area contributed by atoms with Gasteiger partial charge in [-0.2, -0.15) is 0 Å². The van der Waals surface area contributed by atoms with Crippen LogP contribution >= 0.6 is 27.5 Å². The van der Waals surface area contributed by atoms with Gasteiger partial charge in [-0.25, -0.2) is 0 Å². The monoisotopic (exact) mass is 339 g/mol. The molecule has 0 aromatic heterocycles. The van der Waals surface area contributed by atoms with Crippen molar-refractivity contribution < 1.29 is 9.90 Å². The predicted octanol–water partition coefficient (Wildman–Crippen LogP) is 4.37. The van der Waals surface area contributed by atoms with Crippen LogP contribution < -0.4 is 5.32 Å². The number of halogens is 2. The number of anilines is 1. The molecule has 0 heterocycles. The first-order chi connectivity index (χ1) is 8.97. The number of amides is 1. The van der Waals surface area contributed by atoms with Gasteiger partial charge in [0.2, 0.25) is 0 Å². The summed E-state index contributed by atoms with van der Waals surface area (Å²) < 4.78 is 0.806. The molecule has 0 fully saturated rings. The van der Waals surface area contributed by atoms with Crippen molar-refractivity contribution in [3.63, 3.8) is 0 Å². The van der Waals surface area contributed by atoms with E-state index in [2.05, 4.69) is 21.2 Å². The molecule has 3 nitrogen and oxygen atoms in total. The zero-order valence-corrected chi connectivity index (χ0v) is 12.4. The van der Waals surface area contributed by atoms with Gasteiger partial charge in [-0.15, -0.1) is 0 Å². The van der Waals surface area contributed by atoms with E-state index in [1.165, 1.54) is 6.07 Å². The maximum atomic E-state index is 12.1. The molecule has 5 heteroatoms. The number of rotatable bonds is 2. The first-order valence-electron chi connectivity index (χ1n) is 5.53. The van der Waals surface area contributed by atoms with Crippen LogP contribution in [0.4, 0.5) is 5.69 Å². The predicted molar refractivity (Wildman–Crippen MR) is 79.9 cm³/mol. The van der Waals surface area contributed by atoms with Gasteiger partial charge in [0.15, 0.2) is 0 Å². The maximum absolute atomic E-state index is 12.1. The average Bonchev–Trinajstić information content (AvgIpc) is 2.36. The minimum atomic E-state index is -0.402. The summed E-state index contributed by atoms with van der Waals surface area (Å²) in [6.45, 7) is 1.85. The number of phenols is 1. The lowest BCUT2D eigenvalue weighted by atomic mass is 10.1. The summed E-state index contributed by atoms with van der Waals surface area (Å²) in [7, 11) is 0. The van der Waals surface area contributed by atoms with Gasteiger partial charge in [0.25, 0.3) is 5.91 Å². The summed E-state index contributed by atoms with van der Waals surface area (Å²) in [5, 5.41) is 12.8. The van der Waals surface area contributed by atoms with Gasteiger partial charge in [-0.05, 0) is 37.3 Å². The Hall–Kier alpha value is -1.52. The fraction of sp³-hybridized carbons (Fsp3) is 0.0714. The molecule has 19 heavy (non-hydrogen) atoms. The number of carbonyl (C=O) groups excluding carboxylic acids is 1. The number of aryl methyl sites for hydroxylation is 1. The van der Waals surface area contributed by atoms with E-state index in [9.17, 15) is 9.90 Å². The fourth-order valence-corrected chi connectivity index (χ4v) is 2.14. The highest BCUT2D eigenvalue weighted by atomic mass is 79.9. The molecule has 0 aliphatic heterocycles. The summed E-state index contributed by atoms with van der Waals surface area (Å²) in [5.74, 6) is -0.463. The van der Waals surface area contributed by atoms with Gasteiger partial charge < -0.3 is 10.4 Å². The van der Waals surface area contributed by atoms with Gasteiger partial charge in [-0.3, -0.25) is 4.79 Å². The van der Waals surface area contributed by atoms with Crippen molar-refractivity contribution in [2.75, 3.05) is 5.32 Å². The number of hydrogen-bond acceptors (Lipinski definition) is 2. The molecule has 2 aromatic rings. The molecule has 0 radical (unpaired) electrons. The van der Waals surface area contributed by atoms with Crippen molar-refractivity contribution in [1.29, 1.82) is 0 Å². The summed E-state index contributed by atoms with van der Waals surface area (Å²) in [5.41, 5.74) is 1.60. The van der Waals surface area contributed by atoms with Crippen molar-refractivity contribution >= 4 is 39.1 Å². The average molecular weight is 341 g/mol. The summed E-state index contributed by atoms with van der Waals surface area (Å²) in [4.78, 5) is 12.1. The number of aromatic hydroxyl groups is 1. The van der Waals surface area contributed by atoms with E-state index in [0.717, 1.165) is 10.0 Å². The lowest BCUT2D eigenvalue weighted by Gasteiger charge is -2.09. The largest absolute Gasteiger partial charge is 0.507 e. The highest BCUT2D eigenvalue weighted by molar-refractivity contribution is 9.10. The van der Waals surface area contributed by atoms with Crippen molar-refractivity contribution in [3.05, 3.63) is 57.0 Å². The second kappa shape index (κ2) is 5.63. The van der Waals surface area contributed by atoms with E-state index < -0.39 is 5.91 Å². The van der Waals surface area contributed by atoms with Gasteiger partial charge >= 0.3 is 0 Å². The van der Waals surface area contributed by atoms with Crippen LogP contribution in [0.5, 0.6) is 5.75 Å². The highest BCUT2D eigenvalue weighted by Crippen LogP contribution is 2.27. The Kier molecular flexibility index (Phi) is 4.12. The number of benzene rings is 2. The normalized spacial score (nSPS) is 10.3. The Balaban J connectivity index is 2.30. The van der Waals surface area contributed by atoms with Crippen LogP contribution in [-0.4, -0.2) is 11.0 Å². The van der Waals surface area contributed by atoms with Crippen LogP contribution in [0, 0.1) is 6.92 Å². The lowest BCUT2D eigenvalue weighted by Crippen LogP contribution is -2.12. The van der Waals surface area contributed by atoms with Gasteiger partial charge in [0, 0.05) is 4.47 Å². The van der Waals surface area contributed by atoms with E-state index in [-0.39, 0.29) is 11.3 Å². The van der Waals surface area contributed by atoms with E-state index in [1.807, 2.05) is 6.92 Å². The molecule has 0 saturated carbocycles. The maximum Gasteiger partial charge on any atom is 0.259 e. The second-order valence-electron chi connectivity index (χ2n) is 4.10. The van der Waals surface area contributed by atoms with Crippen LogP contribution in [-0.2, 0) is 0 Å². The summed E-state index contributed by atoms with van der Waals surface area (Å²) in [6.07, 6.45) is 0. The molecule has 98 valence electrons. The highest BCUT2D eigenvalue weighted by Gasteiger charge is 2.13. The summed E-state index contributed by atoms with van der Waals surface area (Å²) >= 11 is 9.31. The first kappa shape index (κ1) is 13.9. The van der Waals surface area contributed by atoms with E-state index in [1.54, 1.807) is 30.3 Å². The van der Waals surface area contributed by atoms with Gasteiger partial charge in [0.05, 0.1) is 16.3 Å². The van der Waals surface area contributed by atoms with E-state index in [4.69, 9.17) is 11.6 Å². The van der Waals surface area contributed by atoms with E-state index in [0.29, 0.717) is 10.7 Å². The molecule has 2 rings (SSSR count). The third-order valence-electron chi connectivity index (χ3n) is 2.57. The van der Waals surface area contributed by atoms with Crippen LogP contribution in [0.3, 0.4) is 0 Å². The molecule has 2 N–H and O–H groups in total. The third kappa shape index (κ3) is 3.28. The lowest BCUT2D eigenvalue weighted by molar-refractivity contribution is 0.102. The smallest absolute Gasteiger partial charge is 0.259 e. The topological polar surface area (TPSA) is 49.3 Å². The molecule has 0 atom stereocenters. The first-order valence-corrected chi connectivity index (χ1v) is 6.70. The van der Waals surface area contributed by atoms with Crippen LogP contribution in [0.15, 0.2) is 40.9 Å². The van der Waals surface area contributed by atoms with Crippen LogP contribution in [0.25, 0.3) is 0 Å². The molecule has 0 bridgehead atoms. The molecule has 2 aromatic carbocycles. The Bertz CT molecular complexity index is 643. The van der Waals surface area contributed by atoms with Crippen molar-refractivity contribution in [2.45, 2.75) is 6.92 Å². The molecule has 0 aliphatic rings. The molecular formula is C14H11BrClNO2. The molecule has 0 saturated heterocycles.